The standard InChI is InChI=1S/C18H17N3O2/c19-9-3-4-13(11-20)12-21-16(22)10-18(17(21)23)8-7-14-5-1-2-6-15(14)18/h1-2,5-6,13H,3-4,7-8,10,12H2/t13-,18-/m1/s1. The number of fused-ring (bicyclic) bond motifs is 2. The van der Waals surface area contributed by atoms with Crippen molar-refractivity contribution in [1.29, 1.82) is 10.5 Å². The van der Waals surface area contributed by atoms with Crippen LogP contribution in [0.5, 0.6) is 0 Å². The third-order valence-corrected chi connectivity index (χ3v) is 4.95. The van der Waals surface area contributed by atoms with Crippen molar-refractivity contribution in [3.05, 3.63) is 35.4 Å². The molecule has 5 nitrogen and oxygen atoms in total. The highest BCUT2D eigenvalue weighted by molar-refractivity contribution is 6.09. The Balaban J connectivity index is 1.85. The summed E-state index contributed by atoms with van der Waals surface area (Å²) >= 11 is 0. The lowest BCUT2D eigenvalue weighted by atomic mass is 9.80. The van der Waals surface area contributed by atoms with Gasteiger partial charge in [0.25, 0.3) is 0 Å². The fraction of sp³-hybridized carbons (Fsp3) is 0.444. The van der Waals surface area contributed by atoms with Gasteiger partial charge in [-0.1, -0.05) is 24.3 Å². The van der Waals surface area contributed by atoms with Crippen LogP contribution >= 0.6 is 0 Å². The van der Waals surface area contributed by atoms with Crippen LogP contribution in [0.4, 0.5) is 0 Å². The zero-order chi connectivity index (χ0) is 16.4. The molecule has 0 N–H and O–H groups in total. The van der Waals surface area contributed by atoms with Crippen molar-refractivity contribution in [2.75, 3.05) is 6.54 Å². The maximum Gasteiger partial charge on any atom is 0.240 e. The zero-order valence-corrected chi connectivity index (χ0v) is 12.8. The molecule has 1 saturated heterocycles. The lowest BCUT2D eigenvalue weighted by molar-refractivity contribution is -0.140. The quantitative estimate of drug-likeness (QED) is 0.797. The maximum absolute atomic E-state index is 13.0. The molecule has 2 aliphatic rings. The summed E-state index contributed by atoms with van der Waals surface area (Å²) in [4.78, 5) is 26.6. The monoisotopic (exact) mass is 307 g/mol. The van der Waals surface area contributed by atoms with Gasteiger partial charge in [-0.25, -0.2) is 0 Å². The van der Waals surface area contributed by atoms with E-state index in [-0.39, 0.29) is 31.2 Å². The Morgan fingerprint density at radius 2 is 2.04 bits per heavy atom. The van der Waals surface area contributed by atoms with Crippen molar-refractivity contribution in [3.63, 3.8) is 0 Å². The first kappa shape index (κ1) is 15.2. The molecule has 2 amide bonds. The number of aryl methyl sites for hydroxylation is 1. The number of hydrogen-bond acceptors (Lipinski definition) is 4. The van der Waals surface area contributed by atoms with Crippen LogP contribution in [0.25, 0.3) is 0 Å². The highest BCUT2D eigenvalue weighted by atomic mass is 16.2. The number of likely N-dealkylation sites (tertiary alicyclic amines) is 1. The van der Waals surface area contributed by atoms with Crippen molar-refractivity contribution in [2.45, 2.75) is 37.5 Å². The number of rotatable bonds is 4. The normalized spacial score (nSPS) is 23.7. The molecule has 0 aromatic heterocycles. The molecule has 0 bridgehead atoms. The van der Waals surface area contributed by atoms with Crippen molar-refractivity contribution in [3.8, 4) is 12.1 Å². The number of nitriles is 2. The van der Waals surface area contributed by atoms with Crippen molar-refractivity contribution in [2.24, 2.45) is 5.92 Å². The first-order valence-electron chi connectivity index (χ1n) is 7.82. The molecule has 0 saturated carbocycles. The number of hydrogen-bond donors (Lipinski definition) is 0. The van der Waals surface area contributed by atoms with Gasteiger partial charge in [0.1, 0.15) is 0 Å². The van der Waals surface area contributed by atoms with Crippen molar-refractivity contribution >= 4 is 11.8 Å². The average molecular weight is 307 g/mol. The van der Waals surface area contributed by atoms with Crippen LogP contribution in [0, 0.1) is 28.6 Å². The number of imide groups is 1. The average Bonchev–Trinajstić information content (AvgIpc) is 3.05. The van der Waals surface area contributed by atoms with Gasteiger partial charge < -0.3 is 0 Å². The fourth-order valence-corrected chi connectivity index (χ4v) is 3.74. The second-order valence-corrected chi connectivity index (χ2v) is 6.25. The molecular formula is C18H17N3O2. The second-order valence-electron chi connectivity index (χ2n) is 6.25. The van der Waals surface area contributed by atoms with Crippen LogP contribution in [-0.4, -0.2) is 23.3 Å². The topological polar surface area (TPSA) is 85.0 Å². The number of benzene rings is 1. The summed E-state index contributed by atoms with van der Waals surface area (Å²) < 4.78 is 0. The van der Waals surface area contributed by atoms with E-state index in [0.717, 1.165) is 17.5 Å². The first-order chi connectivity index (χ1) is 11.1. The van der Waals surface area contributed by atoms with E-state index in [9.17, 15) is 14.9 Å². The molecule has 1 aromatic carbocycles. The molecule has 1 heterocycles. The fourth-order valence-electron chi connectivity index (χ4n) is 3.74. The van der Waals surface area contributed by atoms with Gasteiger partial charge in [-0.15, -0.1) is 0 Å². The molecule has 1 aliphatic carbocycles. The Morgan fingerprint density at radius 1 is 1.26 bits per heavy atom. The number of carbonyl (C=O) groups excluding carboxylic acids is 2. The minimum Gasteiger partial charge on any atom is -0.280 e. The predicted octanol–water partition coefficient (Wildman–Crippen LogP) is 2.07. The SMILES string of the molecule is N#CCC[C@H](C#N)CN1C(=O)C[C@@]2(CCc3ccccc32)C1=O. The Bertz CT molecular complexity index is 743. The highest BCUT2D eigenvalue weighted by Gasteiger charge is 2.55. The van der Waals surface area contributed by atoms with E-state index in [2.05, 4.69) is 6.07 Å². The molecule has 1 aromatic rings. The minimum atomic E-state index is -0.733. The van der Waals surface area contributed by atoms with E-state index in [1.807, 2.05) is 30.3 Å². The van der Waals surface area contributed by atoms with Gasteiger partial charge in [-0.05, 0) is 30.4 Å². The molecule has 1 fully saturated rings. The number of amides is 2. The van der Waals surface area contributed by atoms with E-state index in [0.29, 0.717) is 12.8 Å². The van der Waals surface area contributed by atoms with Gasteiger partial charge in [0.05, 0.1) is 23.5 Å². The zero-order valence-electron chi connectivity index (χ0n) is 12.8. The van der Waals surface area contributed by atoms with Gasteiger partial charge in [0.15, 0.2) is 0 Å². The summed E-state index contributed by atoms with van der Waals surface area (Å²) in [6.45, 7) is 0.0970. The van der Waals surface area contributed by atoms with Gasteiger partial charge in [-0.2, -0.15) is 10.5 Å². The summed E-state index contributed by atoms with van der Waals surface area (Å²) in [6, 6.07) is 11.9. The summed E-state index contributed by atoms with van der Waals surface area (Å²) in [5, 5.41) is 17.8. The lowest BCUT2D eigenvalue weighted by Crippen LogP contribution is -2.39. The van der Waals surface area contributed by atoms with Crippen LogP contribution in [0.15, 0.2) is 24.3 Å². The lowest BCUT2D eigenvalue weighted by Gasteiger charge is -2.23. The molecule has 2 atom stereocenters. The first-order valence-corrected chi connectivity index (χ1v) is 7.82. The van der Waals surface area contributed by atoms with Gasteiger partial charge >= 0.3 is 0 Å². The van der Waals surface area contributed by atoms with Crippen molar-refractivity contribution < 1.29 is 9.59 Å². The molecular weight excluding hydrogens is 290 g/mol. The molecule has 1 spiro atoms. The predicted molar refractivity (Wildman–Crippen MR) is 81.7 cm³/mol. The Morgan fingerprint density at radius 3 is 2.78 bits per heavy atom. The smallest absolute Gasteiger partial charge is 0.240 e. The number of nitrogens with zero attached hydrogens (tertiary/aromatic N) is 3. The molecule has 0 radical (unpaired) electrons. The van der Waals surface area contributed by atoms with Gasteiger partial charge in [0.2, 0.25) is 11.8 Å². The van der Waals surface area contributed by atoms with Crippen LogP contribution in [-0.2, 0) is 21.4 Å². The van der Waals surface area contributed by atoms with E-state index in [1.165, 1.54) is 4.90 Å². The summed E-state index contributed by atoms with van der Waals surface area (Å²) in [5.41, 5.74) is 1.37. The highest BCUT2D eigenvalue weighted by Crippen LogP contribution is 2.46. The minimum absolute atomic E-state index is 0.0970. The van der Waals surface area contributed by atoms with E-state index in [4.69, 9.17) is 5.26 Å². The van der Waals surface area contributed by atoms with Crippen LogP contribution in [0.1, 0.15) is 36.8 Å². The van der Waals surface area contributed by atoms with E-state index >= 15 is 0 Å². The van der Waals surface area contributed by atoms with Crippen LogP contribution in [0.3, 0.4) is 0 Å². The Kier molecular flexibility index (Phi) is 3.88. The molecule has 5 heteroatoms. The third-order valence-electron chi connectivity index (χ3n) is 4.95. The molecule has 1 aliphatic heterocycles. The Labute approximate surface area is 135 Å². The largest absolute Gasteiger partial charge is 0.280 e. The van der Waals surface area contributed by atoms with Gasteiger partial charge in [-0.3, -0.25) is 14.5 Å². The van der Waals surface area contributed by atoms with Crippen molar-refractivity contribution in [1.82, 2.24) is 4.90 Å². The molecule has 116 valence electrons. The summed E-state index contributed by atoms with van der Waals surface area (Å²) in [7, 11) is 0. The number of carbonyl (C=O) groups is 2. The molecule has 23 heavy (non-hydrogen) atoms. The summed E-state index contributed by atoms with van der Waals surface area (Å²) in [6.07, 6.45) is 2.29. The van der Waals surface area contributed by atoms with Crippen LogP contribution < -0.4 is 0 Å². The third kappa shape index (κ3) is 2.39. The maximum atomic E-state index is 13.0. The molecule has 3 rings (SSSR count). The van der Waals surface area contributed by atoms with E-state index in [1.54, 1.807) is 0 Å². The van der Waals surface area contributed by atoms with E-state index < -0.39 is 11.3 Å². The van der Waals surface area contributed by atoms with Crippen LogP contribution in [0.2, 0.25) is 0 Å². The second kappa shape index (κ2) is 5.85. The Hall–Kier alpha value is -2.66. The molecule has 0 unspecified atom stereocenters. The van der Waals surface area contributed by atoms with Gasteiger partial charge in [0, 0.05) is 19.4 Å². The summed E-state index contributed by atoms with van der Waals surface area (Å²) in [5.74, 6) is -0.858.